The van der Waals surface area contributed by atoms with Crippen molar-refractivity contribution < 1.29 is 4.74 Å². The summed E-state index contributed by atoms with van der Waals surface area (Å²) >= 11 is 0. The van der Waals surface area contributed by atoms with Crippen molar-refractivity contribution in [1.82, 2.24) is 5.32 Å². The lowest BCUT2D eigenvalue weighted by atomic mass is 10.1. The van der Waals surface area contributed by atoms with Crippen molar-refractivity contribution in [3.8, 4) is 0 Å². The number of nitrogens with two attached hydrogens (primary N) is 1. The second-order valence-corrected chi connectivity index (χ2v) is 2.56. The molecule has 0 saturated heterocycles. The van der Waals surface area contributed by atoms with E-state index >= 15 is 0 Å². The Balaban J connectivity index is 2.68. The Bertz CT molecular complexity index is 154. The maximum atomic E-state index is 5.66. The van der Waals surface area contributed by atoms with E-state index in [0.29, 0.717) is 12.6 Å². The molecular weight excluding hydrogens is 128 g/mol. The Hall–Kier alpha value is -0.540. The van der Waals surface area contributed by atoms with Crippen LogP contribution in [0.1, 0.15) is 6.92 Å². The smallest absolute Gasteiger partial charge is 0.0861 e. The third kappa shape index (κ3) is 1.30. The molecule has 0 aromatic rings. The van der Waals surface area contributed by atoms with Crippen molar-refractivity contribution in [3.05, 3.63) is 11.3 Å². The zero-order valence-electron chi connectivity index (χ0n) is 6.48. The number of likely N-dealkylation sites (N-methyl/N-ethyl adjacent to an activating group) is 1. The van der Waals surface area contributed by atoms with Crippen molar-refractivity contribution in [2.45, 2.75) is 13.0 Å². The van der Waals surface area contributed by atoms with E-state index in [-0.39, 0.29) is 0 Å². The van der Waals surface area contributed by atoms with Crippen molar-refractivity contribution in [1.29, 1.82) is 0 Å². The van der Waals surface area contributed by atoms with E-state index in [9.17, 15) is 0 Å². The Labute approximate surface area is 61.2 Å². The molecule has 0 aromatic heterocycles. The molecule has 1 heterocycles. The summed E-state index contributed by atoms with van der Waals surface area (Å²) in [6, 6.07) is 0.314. The first-order valence-corrected chi connectivity index (χ1v) is 3.46. The molecular formula is C7H14N2O. The van der Waals surface area contributed by atoms with Gasteiger partial charge in [0.05, 0.1) is 19.3 Å². The molecule has 0 unspecified atom stereocenters. The molecule has 3 N–H and O–H groups in total. The molecule has 58 valence electrons. The normalized spacial score (nSPS) is 27.2. The van der Waals surface area contributed by atoms with Crippen LogP contribution in [-0.2, 0) is 4.74 Å². The van der Waals surface area contributed by atoms with Crippen molar-refractivity contribution in [2.75, 3.05) is 20.3 Å². The third-order valence-electron chi connectivity index (χ3n) is 1.92. The summed E-state index contributed by atoms with van der Waals surface area (Å²) in [7, 11) is 1.91. The molecule has 1 rings (SSSR count). The van der Waals surface area contributed by atoms with E-state index < -0.39 is 0 Å². The molecule has 10 heavy (non-hydrogen) atoms. The molecule has 3 nitrogen and oxygen atoms in total. The highest BCUT2D eigenvalue weighted by atomic mass is 16.5. The van der Waals surface area contributed by atoms with E-state index in [0.717, 1.165) is 12.3 Å². The van der Waals surface area contributed by atoms with Gasteiger partial charge in [-0.25, -0.2) is 0 Å². The highest BCUT2D eigenvalue weighted by Crippen LogP contribution is 2.10. The molecule has 0 aliphatic carbocycles. The summed E-state index contributed by atoms with van der Waals surface area (Å²) in [5.41, 5.74) is 7.74. The fourth-order valence-electron chi connectivity index (χ4n) is 1.05. The highest BCUT2D eigenvalue weighted by molar-refractivity contribution is 5.17. The first-order chi connectivity index (χ1) is 4.75. The minimum absolute atomic E-state index is 0.314. The van der Waals surface area contributed by atoms with Gasteiger partial charge in [0.1, 0.15) is 0 Å². The number of ether oxygens (including phenoxy) is 1. The predicted octanol–water partition coefficient (Wildman–Crippen LogP) is -0.163. The Morgan fingerprint density at radius 1 is 1.70 bits per heavy atom. The van der Waals surface area contributed by atoms with E-state index in [2.05, 4.69) is 5.32 Å². The van der Waals surface area contributed by atoms with Crippen LogP contribution in [0, 0.1) is 0 Å². The lowest BCUT2D eigenvalue weighted by Gasteiger charge is -2.24. The zero-order chi connectivity index (χ0) is 7.56. The molecule has 0 spiro atoms. The average molecular weight is 142 g/mol. The molecule has 0 saturated carbocycles. The van der Waals surface area contributed by atoms with Gasteiger partial charge in [-0.2, -0.15) is 0 Å². The molecule has 1 aliphatic heterocycles. The lowest BCUT2D eigenvalue weighted by molar-refractivity contribution is 0.125. The maximum Gasteiger partial charge on any atom is 0.0861 e. The summed E-state index contributed by atoms with van der Waals surface area (Å²) in [5.74, 6) is 0. The van der Waals surface area contributed by atoms with E-state index in [1.165, 1.54) is 5.57 Å². The SMILES string of the molecule is CN[C@@H]1COCC(N)=C1C. The molecule has 0 fully saturated rings. The van der Waals surface area contributed by atoms with Crippen molar-refractivity contribution in [3.63, 3.8) is 0 Å². The van der Waals surface area contributed by atoms with Gasteiger partial charge in [0.2, 0.25) is 0 Å². The van der Waals surface area contributed by atoms with Crippen LogP contribution in [0.3, 0.4) is 0 Å². The lowest BCUT2D eigenvalue weighted by Crippen LogP contribution is -2.37. The Morgan fingerprint density at radius 2 is 2.40 bits per heavy atom. The van der Waals surface area contributed by atoms with Gasteiger partial charge in [0, 0.05) is 5.70 Å². The maximum absolute atomic E-state index is 5.66. The highest BCUT2D eigenvalue weighted by Gasteiger charge is 2.16. The number of hydrogen-bond acceptors (Lipinski definition) is 3. The Kier molecular flexibility index (Phi) is 2.29. The average Bonchev–Trinajstić information content (AvgIpc) is 1.95. The minimum Gasteiger partial charge on any atom is -0.400 e. The van der Waals surface area contributed by atoms with Crippen LogP contribution >= 0.6 is 0 Å². The minimum atomic E-state index is 0.314. The van der Waals surface area contributed by atoms with E-state index in [1.807, 2.05) is 14.0 Å². The number of nitrogens with one attached hydrogen (secondary N) is 1. The standard InChI is InChI=1S/C7H14N2O/c1-5-6(8)3-10-4-7(5)9-2/h7,9H,3-4,8H2,1-2H3/t7-/m1/s1. The second-order valence-electron chi connectivity index (χ2n) is 2.56. The van der Waals surface area contributed by atoms with E-state index in [1.54, 1.807) is 0 Å². The quantitative estimate of drug-likeness (QED) is 0.534. The van der Waals surface area contributed by atoms with Gasteiger partial charge >= 0.3 is 0 Å². The van der Waals surface area contributed by atoms with Crippen LogP contribution in [0.15, 0.2) is 11.3 Å². The van der Waals surface area contributed by atoms with Crippen LogP contribution in [0.4, 0.5) is 0 Å². The van der Waals surface area contributed by atoms with Crippen LogP contribution in [0.5, 0.6) is 0 Å². The van der Waals surface area contributed by atoms with Gasteiger partial charge in [0.15, 0.2) is 0 Å². The van der Waals surface area contributed by atoms with Gasteiger partial charge in [-0.15, -0.1) is 0 Å². The molecule has 0 bridgehead atoms. The summed E-state index contributed by atoms with van der Waals surface area (Å²) in [6.07, 6.45) is 0. The van der Waals surface area contributed by atoms with Crippen LogP contribution in [0.2, 0.25) is 0 Å². The van der Waals surface area contributed by atoms with Gasteiger partial charge < -0.3 is 15.8 Å². The molecule has 1 aliphatic rings. The molecule has 1 atom stereocenters. The molecule has 0 aromatic carbocycles. The summed E-state index contributed by atoms with van der Waals surface area (Å²) in [5, 5.41) is 3.12. The van der Waals surface area contributed by atoms with E-state index in [4.69, 9.17) is 10.5 Å². The molecule has 0 amide bonds. The first-order valence-electron chi connectivity index (χ1n) is 3.46. The third-order valence-corrected chi connectivity index (χ3v) is 1.92. The van der Waals surface area contributed by atoms with Gasteiger partial charge in [-0.3, -0.25) is 0 Å². The number of rotatable bonds is 1. The van der Waals surface area contributed by atoms with Gasteiger partial charge in [-0.1, -0.05) is 0 Å². The van der Waals surface area contributed by atoms with Crippen LogP contribution in [0.25, 0.3) is 0 Å². The van der Waals surface area contributed by atoms with Crippen LogP contribution in [-0.4, -0.2) is 26.3 Å². The fourth-order valence-corrected chi connectivity index (χ4v) is 1.05. The summed E-state index contributed by atoms with van der Waals surface area (Å²) in [4.78, 5) is 0. The number of hydrogen-bond donors (Lipinski definition) is 2. The second kappa shape index (κ2) is 3.03. The first kappa shape index (κ1) is 7.57. The van der Waals surface area contributed by atoms with Crippen molar-refractivity contribution >= 4 is 0 Å². The molecule has 3 heteroatoms. The topological polar surface area (TPSA) is 47.3 Å². The fraction of sp³-hybridized carbons (Fsp3) is 0.714. The largest absolute Gasteiger partial charge is 0.400 e. The van der Waals surface area contributed by atoms with Crippen LogP contribution < -0.4 is 11.1 Å². The van der Waals surface area contributed by atoms with Gasteiger partial charge in [0.25, 0.3) is 0 Å². The van der Waals surface area contributed by atoms with Crippen molar-refractivity contribution in [2.24, 2.45) is 5.73 Å². The summed E-state index contributed by atoms with van der Waals surface area (Å²) in [6.45, 7) is 3.37. The monoisotopic (exact) mass is 142 g/mol. The van der Waals surface area contributed by atoms with Gasteiger partial charge in [-0.05, 0) is 19.5 Å². The molecule has 0 radical (unpaired) electrons. The summed E-state index contributed by atoms with van der Waals surface area (Å²) < 4.78 is 5.21. The predicted molar refractivity (Wildman–Crippen MR) is 40.6 cm³/mol. The zero-order valence-corrected chi connectivity index (χ0v) is 6.48. The Morgan fingerprint density at radius 3 is 2.90 bits per heavy atom.